The predicted molar refractivity (Wildman–Crippen MR) is 78.3 cm³/mol. The summed E-state index contributed by atoms with van der Waals surface area (Å²) < 4.78 is 4.80. The number of amides is 1. The Morgan fingerprint density at radius 2 is 1.85 bits per heavy atom. The zero-order valence-electron chi connectivity index (χ0n) is 13.1. The van der Waals surface area contributed by atoms with Gasteiger partial charge in [-0.3, -0.25) is 9.69 Å². The fraction of sp³-hybridized carbons (Fsp3) is 0.867. The SMILES string of the molecule is COC(=O)C(CN(CC(C)C)C1CCCC1)NC(C)=O. The van der Waals surface area contributed by atoms with Crippen molar-refractivity contribution in [2.75, 3.05) is 20.2 Å². The number of hydrogen-bond donors (Lipinski definition) is 1. The molecule has 0 radical (unpaired) electrons. The van der Waals surface area contributed by atoms with Crippen molar-refractivity contribution in [1.82, 2.24) is 10.2 Å². The van der Waals surface area contributed by atoms with Crippen molar-refractivity contribution in [3.05, 3.63) is 0 Å². The van der Waals surface area contributed by atoms with Crippen molar-refractivity contribution in [2.45, 2.75) is 58.5 Å². The molecule has 1 unspecified atom stereocenters. The minimum atomic E-state index is -0.572. The maximum atomic E-state index is 11.8. The van der Waals surface area contributed by atoms with Crippen LogP contribution in [0.15, 0.2) is 0 Å². The highest BCUT2D eigenvalue weighted by molar-refractivity contribution is 5.83. The summed E-state index contributed by atoms with van der Waals surface area (Å²) in [5, 5.41) is 2.70. The third-order valence-electron chi connectivity index (χ3n) is 3.72. The second kappa shape index (κ2) is 8.25. The summed E-state index contributed by atoms with van der Waals surface area (Å²) in [5.74, 6) is -0.0329. The lowest BCUT2D eigenvalue weighted by molar-refractivity contribution is -0.145. The average molecular weight is 284 g/mol. The molecule has 0 heterocycles. The predicted octanol–water partition coefficient (Wildman–Crippen LogP) is 1.56. The van der Waals surface area contributed by atoms with Crippen LogP contribution in [-0.4, -0.2) is 49.1 Å². The Balaban J connectivity index is 2.71. The van der Waals surface area contributed by atoms with Gasteiger partial charge in [0.15, 0.2) is 0 Å². The molecule has 0 saturated heterocycles. The highest BCUT2D eigenvalue weighted by Gasteiger charge is 2.29. The van der Waals surface area contributed by atoms with Gasteiger partial charge in [-0.2, -0.15) is 0 Å². The van der Waals surface area contributed by atoms with Crippen LogP contribution in [0.3, 0.4) is 0 Å². The summed E-state index contributed by atoms with van der Waals surface area (Å²) in [7, 11) is 1.36. The zero-order valence-corrected chi connectivity index (χ0v) is 13.1. The van der Waals surface area contributed by atoms with Gasteiger partial charge in [-0.15, -0.1) is 0 Å². The van der Waals surface area contributed by atoms with Crippen molar-refractivity contribution in [3.8, 4) is 0 Å². The Morgan fingerprint density at radius 1 is 1.25 bits per heavy atom. The van der Waals surface area contributed by atoms with E-state index in [1.54, 1.807) is 0 Å². The van der Waals surface area contributed by atoms with E-state index in [0.29, 0.717) is 18.5 Å². The molecule has 5 nitrogen and oxygen atoms in total. The van der Waals surface area contributed by atoms with E-state index in [0.717, 1.165) is 6.54 Å². The molecule has 0 aromatic carbocycles. The standard InChI is InChI=1S/C15H28N2O3/c1-11(2)9-17(13-7-5-6-8-13)10-14(15(19)20-4)16-12(3)18/h11,13-14H,5-10H2,1-4H3,(H,16,18). The lowest BCUT2D eigenvalue weighted by atomic mass is 10.1. The Kier molecular flexibility index (Phi) is 6.99. The maximum Gasteiger partial charge on any atom is 0.329 e. The van der Waals surface area contributed by atoms with Crippen LogP contribution in [0.25, 0.3) is 0 Å². The van der Waals surface area contributed by atoms with Crippen LogP contribution in [0.4, 0.5) is 0 Å². The highest BCUT2D eigenvalue weighted by Crippen LogP contribution is 2.24. The van der Waals surface area contributed by atoms with Crippen LogP contribution in [0, 0.1) is 5.92 Å². The molecular formula is C15H28N2O3. The third-order valence-corrected chi connectivity index (χ3v) is 3.72. The lowest BCUT2D eigenvalue weighted by Gasteiger charge is -2.33. The quantitative estimate of drug-likeness (QED) is 0.721. The topological polar surface area (TPSA) is 58.6 Å². The molecule has 5 heteroatoms. The van der Waals surface area contributed by atoms with Gasteiger partial charge in [-0.1, -0.05) is 26.7 Å². The monoisotopic (exact) mass is 284 g/mol. The van der Waals surface area contributed by atoms with Crippen LogP contribution in [-0.2, 0) is 14.3 Å². The third kappa shape index (κ3) is 5.49. The first-order chi connectivity index (χ1) is 9.43. The first-order valence-corrected chi connectivity index (χ1v) is 7.53. The lowest BCUT2D eigenvalue weighted by Crippen LogP contribution is -2.51. The maximum absolute atomic E-state index is 11.8. The normalized spacial score (nSPS) is 17.5. The van der Waals surface area contributed by atoms with Gasteiger partial charge in [-0.05, 0) is 18.8 Å². The van der Waals surface area contributed by atoms with Crippen LogP contribution >= 0.6 is 0 Å². The molecule has 0 bridgehead atoms. The van der Waals surface area contributed by atoms with Gasteiger partial charge in [0.1, 0.15) is 6.04 Å². The summed E-state index contributed by atoms with van der Waals surface area (Å²) in [5.41, 5.74) is 0. The van der Waals surface area contributed by atoms with Crippen LogP contribution < -0.4 is 5.32 Å². The minimum absolute atomic E-state index is 0.198. The number of nitrogens with one attached hydrogen (secondary N) is 1. The van der Waals surface area contributed by atoms with Crippen molar-refractivity contribution in [1.29, 1.82) is 0 Å². The number of hydrogen-bond acceptors (Lipinski definition) is 4. The Bertz CT molecular complexity index is 325. The molecule has 1 N–H and O–H groups in total. The molecule has 1 amide bonds. The molecule has 1 atom stereocenters. The molecule has 1 aliphatic rings. The molecule has 1 saturated carbocycles. The van der Waals surface area contributed by atoms with E-state index in [1.807, 2.05) is 0 Å². The Morgan fingerprint density at radius 3 is 2.30 bits per heavy atom. The largest absolute Gasteiger partial charge is 0.467 e. The second-order valence-corrected chi connectivity index (χ2v) is 6.06. The van der Waals surface area contributed by atoms with E-state index in [1.165, 1.54) is 39.7 Å². The second-order valence-electron chi connectivity index (χ2n) is 6.06. The Hall–Kier alpha value is -1.10. The highest BCUT2D eigenvalue weighted by atomic mass is 16.5. The molecular weight excluding hydrogens is 256 g/mol. The fourth-order valence-electron chi connectivity index (χ4n) is 2.91. The summed E-state index contributed by atoms with van der Waals surface area (Å²) in [6, 6.07) is -0.0461. The van der Waals surface area contributed by atoms with E-state index in [2.05, 4.69) is 24.1 Å². The molecule has 0 aromatic rings. The number of nitrogens with zero attached hydrogens (tertiary/aromatic N) is 1. The smallest absolute Gasteiger partial charge is 0.329 e. The van der Waals surface area contributed by atoms with Crippen LogP contribution in [0.5, 0.6) is 0 Å². The van der Waals surface area contributed by atoms with Crippen LogP contribution in [0.2, 0.25) is 0 Å². The van der Waals surface area contributed by atoms with Crippen molar-refractivity contribution in [3.63, 3.8) is 0 Å². The molecule has 0 aliphatic heterocycles. The number of carbonyl (C=O) groups is 2. The van der Waals surface area contributed by atoms with Gasteiger partial charge in [0.05, 0.1) is 7.11 Å². The van der Waals surface area contributed by atoms with Gasteiger partial charge in [0.25, 0.3) is 0 Å². The summed E-state index contributed by atoms with van der Waals surface area (Å²) in [6.45, 7) is 7.26. The van der Waals surface area contributed by atoms with E-state index in [4.69, 9.17) is 4.74 Å². The molecule has 0 spiro atoms. The van der Waals surface area contributed by atoms with Crippen molar-refractivity contribution < 1.29 is 14.3 Å². The summed E-state index contributed by atoms with van der Waals surface area (Å²) in [4.78, 5) is 25.4. The van der Waals surface area contributed by atoms with Gasteiger partial charge in [0, 0.05) is 26.1 Å². The van der Waals surface area contributed by atoms with E-state index in [-0.39, 0.29) is 11.9 Å². The van der Waals surface area contributed by atoms with Gasteiger partial charge < -0.3 is 10.1 Å². The van der Waals surface area contributed by atoms with Crippen molar-refractivity contribution >= 4 is 11.9 Å². The van der Waals surface area contributed by atoms with E-state index >= 15 is 0 Å². The molecule has 1 fully saturated rings. The number of ether oxygens (including phenoxy) is 1. The molecule has 1 rings (SSSR count). The number of rotatable bonds is 7. The number of esters is 1. The molecule has 116 valence electrons. The Labute approximate surface area is 122 Å². The van der Waals surface area contributed by atoms with Crippen molar-refractivity contribution in [2.24, 2.45) is 5.92 Å². The van der Waals surface area contributed by atoms with E-state index < -0.39 is 6.04 Å². The summed E-state index contributed by atoms with van der Waals surface area (Å²) in [6.07, 6.45) is 4.87. The number of methoxy groups -OCH3 is 1. The number of carbonyl (C=O) groups excluding carboxylic acids is 2. The first kappa shape index (κ1) is 17.0. The van der Waals surface area contributed by atoms with Gasteiger partial charge in [0.2, 0.25) is 5.91 Å². The molecule has 20 heavy (non-hydrogen) atoms. The molecule has 0 aromatic heterocycles. The van der Waals surface area contributed by atoms with E-state index in [9.17, 15) is 9.59 Å². The van der Waals surface area contributed by atoms with Crippen LogP contribution in [0.1, 0.15) is 46.5 Å². The van der Waals surface area contributed by atoms with Gasteiger partial charge in [-0.25, -0.2) is 4.79 Å². The molecule has 1 aliphatic carbocycles. The minimum Gasteiger partial charge on any atom is -0.467 e. The summed E-state index contributed by atoms with van der Waals surface area (Å²) >= 11 is 0. The first-order valence-electron chi connectivity index (χ1n) is 7.53. The van der Waals surface area contributed by atoms with Gasteiger partial charge >= 0.3 is 5.97 Å². The average Bonchev–Trinajstić information content (AvgIpc) is 2.88. The zero-order chi connectivity index (χ0) is 15.1. The fourth-order valence-corrected chi connectivity index (χ4v) is 2.91.